The molecule has 0 spiro atoms. The Bertz CT molecular complexity index is 663. The largest absolute Gasteiger partial charge is 0.338 e. The highest BCUT2D eigenvalue weighted by molar-refractivity contribution is 7.98. The molecule has 19 heavy (non-hydrogen) atoms. The first-order valence-corrected chi connectivity index (χ1v) is 8.76. The summed E-state index contributed by atoms with van der Waals surface area (Å²) in [6.07, 6.45) is 3.14. The number of rotatable bonds is 4. The first kappa shape index (κ1) is 14.1. The van der Waals surface area contributed by atoms with Crippen LogP contribution < -0.4 is 0 Å². The molecule has 2 rings (SSSR count). The van der Waals surface area contributed by atoms with Gasteiger partial charge in [0.2, 0.25) is 11.7 Å². The monoisotopic (exact) mass is 298 g/mol. The van der Waals surface area contributed by atoms with Crippen LogP contribution >= 0.6 is 11.8 Å². The van der Waals surface area contributed by atoms with Gasteiger partial charge in [-0.1, -0.05) is 5.16 Å². The maximum atomic E-state index is 11.4. The highest BCUT2D eigenvalue weighted by Crippen LogP contribution is 2.26. The second-order valence-corrected chi connectivity index (χ2v) is 7.32. The Labute approximate surface area is 116 Å². The molecule has 0 radical (unpaired) electrons. The van der Waals surface area contributed by atoms with Crippen molar-refractivity contribution >= 4 is 21.6 Å². The van der Waals surface area contributed by atoms with Crippen LogP contribution in [0.4, 0.5) is 0 Å². The second-order valence-electron chi connectivity index (χ2n) is 4.13. The Morgan fingerprint density at radius 3 is 2.42 bits per heavy atom. The zero-order valence-corrected chi connectivity index (χ0v) is 12.5. The Morgan fingerprint density at radius 2 is 1.89 bits per heavy atom. The van der Waals surface area contributed by atoms with Crippen molar-refractivity contribution < 1.29 is 12.9 Å². The molecule has 0 bridgehead atoms. The van der Waals surface area contributed by atoms with E-state index in [0.29, 0.717) is 11.7 Å². The van der Waals surface area contributed by atoms with Crippen LogP contribution in [0, 0.1) is 0 Å². The standard InChI is InChI=1S/C12H14N2O3S2/c1-8(18-2)12-13-11(14-17-12)9-4-6-10(7-5-9)19(3,15)16/h4-8H,1-3H3/t8-/m0/s1. The van der Waals surface area contributed by atoms with Crippen LogP contribution in [0.25, 0.3) is 11.4 Å². The van der Waals surface area contributed by atoms with Crippen LogP contribution in [0.5, 0.6) is 0 Å². The number of hydrogen-bond acceptors (Lipinski definition) is 6. The molecule has 1 aromatic carbocycles. The third kappa shape index (κ3) is 3.16. The molecule has 0 aliphatic heterocycles. The van der Waals surface area contributed by atoms with E-state index in [4.69, 9.17) is 4.52 Å². The summed E-state index contributed by atoms with van der Waals surface area (Å²) in [7, 11) is -3.18. The van der Waals surface area contributed by atoms with Gasteiger partial charge in [-0.25, -0.2) is 8.42 Å². The van der Waals surface area contributed by atoms with Gasteiger partial charge >= 0.3 is 0 Å². The van der Waals surface area contributed by atoms with E-state index in [2.05, 4.69) is 10.1 Å². The number of benzene rings is 1. The SMILES string of the molecule is CS[C@@H](C)c1nc(-c2ccc(S(C)(=O)=O)cc2)no1. The minimum atomic E-state index is -3.18. The molecule has 0 fully saturated rings. The molecule has 1 atom stereocenters. The van der Waals surface area contributed by atoms with E-state index in [-0.39, 0.29) is 10.1 Å². The third-order valence-corrected chi connectivity index (χ3v) is 4.72. The Morgan fingerprint density at radius 1 is 1.26 bits per heavy atom. The average Bonchev–Trinajstić information content (AvgIpc) is 2.86. The lowest BCUT2D eigenvalue weighted by atomic mass is 10.2. The van der Waals surface area contributed by atoms with Crippen molar-refractivity contribution in [3.8, 4) is 11.4 Å². The van der Waals surface area contributed by atoms with Crippen LogP contribution in [0.2, 0.25) is 0 Å². The van der Waals surface area contributed by atoms with Gasteiger partial charge in [0.1, 0.15) is 0 Å². The first-order valence-electron chi connectivity index (χ1n) is 5.58. The molecule has 0 saturated carbocycles. The average molecular weight is 298 g/mol. The highest BCUT2D eigenvalue weighted by atomic mass is 32.2. The minimum absolute atomic E-state index is 0.136. The molecule has 0 saturated heterocycles. The van der Waals surface area contributed by atoms with E-state index in [1.165, 1.54) is 6.26 Å². The molecule has 2 aromatic rings. The number of thioether (sulfide) groups is 1. The molecule has 1 aromatic heterocycles. The van der Waals surface area contributed by atoms with Gasteiger partial charge in [0, 0.05) is 11.8 Å². The summed E-state index contributed by atoms with van der Waals surface area (Å²) in [6.45, 7) is 1.98. The molecule has 0 amide bonds. The van der Waals surface area contributed by atoms with Gasteiger partial charge in [-0.05, 0) is 37.4 Å². The van der Waals surface area contributed by atoms with Crippen molar-refractivity contribution in [1.82, 2.24) is 10.1 Å². The molecule has 0 aliphatic rings. The zero-order valence-electron chi connectivity index (χ0n) is 10.8. The Kier molecular flexibility index (Phi) is 3.96. The fourth-order valence-electron chi connectivity index (χ4n) is 1.47. The van der Waals surface area contributed by atoms with Crippen molar-refractivity contribution in [3.05, 3.63) is 30.2 Å². The van der Waals surface area contributed by atoms with E-state index < -0.39 is 9.84 Å². The van der Waals surface area contributed by atoms with Crippen LogP contribution in [-0.4, -0.2) is 31.1 Å². The van der Waals surface area contributed by atoms with Crippen molar-refractivity contribution in [2.45, 2.75) is 17.1 Å². The summed E-state index contributed by atoms with van der Waals surface area (Å²) in [4.78, 5) is 4.57. The van der Waals surface area contributed by atoms with E-state index in [0.717, 1.165) is 5.56 Å². The lowest BCUT2D eigenvalue weighted by Gasteiger charge is -1.99. The van der Waals surface area contributed by atoms with Crippen LogP contribution in [0.1, 0.15) is 18.1 Å². The third-order valence-electron chi connectivity index (χ3n) is 2.68. The number of aromatic nitrogens is 2. The van der Waals surface area contributed by atoms with Gasteiger partial charge in [0.25, 0.3) is 0 Å². The molecule has 0 unspecified atom stereocenters. The molecular weight excluding hydrogens is 284 g/mol. The van der Waals surface area contributed by atoms with E-state index in [1.807, 2.05) is 13.2 Å². The Balaban J connectivity index is 2.30. The molecular formula is C12H14N2O3S2. The molecule has 0 aliphatic carbocycles. The summed E-state index contributed by atoms with van der Waals surface area (Å²) in [6, 6.07) is 6.43. The molecule has 102 valence electrons. The van der Waals surface area contributed by atoms with Gasteiger partial charge in [0.15, 0.2) is 9.84 Å². The van der Waals surface area contributed by atoms with E-state index in [9.17, 15) is 8.42 Å². The molecule has 7 heteroatoms. The number of sulfone groups is 1. The van der Waals surface area contributed by atoms with Gasteiger partial charge in [-0.3, -0.25) is 0 Å². The number of nitrogens with zero attached hydrogens (tertiary/aromatic N) is 2. The van der Waals surface area contributed by atoms with Crippen LogP contribution in [0.3, 0.4) is 0 Å². The summed E-state index contributed by atoms with van der Waals surface area (Å²) >= 11 is 1.62. The van der Waals surface area contributed by atoms with E-state index in [1.54, 1.807) is 36.0 Å². The number of hydrogen-bond donors (Lipinski definition) is 0. The fourth-order valence-corrected chi connectivity index (χ4v) is 2.40. The lowest BCUT2D eigenvalue weighted by Crippen LogP contribution is -1.96. The summed E-state index contributed by atoms with van der Waals surface area (Å²) in [5.41, 5.74) is 0.732. The summed E-state index contributed by atoms with van der Waals surface area (Å²) < 4.78 is 27.9. The van der Waals surface area contributed by atoms with Crippen molar-refractivity contribution in [3.63, 3.8) is 0 Å². The van der Waals surface area contributed by atoms with Gasteiger partial charge in [-0.15, -0.1) is 0 Å². The lowest BCUT2D eigenvalue weighted by molar-refractivity contribution is 0.381. The van der Waals surface area contributed by atoms with Crippen LogP contribution in [0.15, 0.2) is 33.7 Å². The van der Waals surface area contributed by atoms with Crippen molar-refractivity contribution in [1.29, 1.82) is 0 Å². The maximum absolute atomic E-state index is 11.4. The van der Waals surface area contributed by atoms with Crippen LogP contribution in [-0.2, 0) is 9.84 Å². The molecule has 0 N–H and O–H groups in total. The van der Waals surface area contributed by atoms with Gasteiger partial charge < -0.3 is 4.52 Å². The second kappa shape index (κ2) is 5.34. The summed E-state index contributed by atoms with van der Waals surface area (Å²) in [5, 5.41) is 4.03. The zero-order chi connectivity index (χ0) is 14.0. The van der Waals surface area contributed by atoms with Crippen molar-refractivity contribution in [2.24, 2.45) is 0 Å². The topological polar surface area (TPSA) is 73.1 Å². The highest BCUT2D eigenvalue weighted by Gasteiger charge is 2.14. The molecule has 5 nitrogen and oxygen atoms in total. The van der Waals surface area contributed by atoms with Crippen molar-refractivity contribution in [2.75, 3.05) is 12.5 Å². The fraction of sp³-hybridized carbons (Fsp3) is 0.333. The quantitative estimate of drug-likeness (QED) is 0.863. The van der Waals surface area contributed by atoms with E-state index >= 15 is 0 Å². The predicted molar refractivity (Wildman–Crippen MR) is 74.8 cm³/mol. The minimum Gasteiger partial charge on any atom is -0.338 e. The van der Waals surface area contributed by atoms with Gasteiger partial charge in [-0.2, -0.15) is 16.7 Å². The molecule has 1 heterocycles. The summed E-state index contributed by atoms with van der Waals surface area (Å²) in [5.74, 6) is 1.03. The normalized spacial score (nSPS) is 13.4. The smallest absolute Gasteiger partial charge is 0.239 e. The predicted octanol–water partition coefficient (Wildman–Crippen LogP) is 2.56. The van der Waals surface area contributed by atoms with Gasteiger partial charge in [0.05, 0.1) is 10.1 Å². The first-order chi connectivity index (χ1) is 8.91. The maximum Gasteiger partial charge on any atom is 0.239 e. The Hall–Kier alpha value is -1.34.